The van der Waals surface area contributed by atoms with Crippen molar-refractivity contribution in [3.63, 3.8) is 0 Å². The van der Waals surface area contributed by atoms with Gasteiger partial charge in [0.15, 0.2) is 0 Å². The van der Waals surface area contributed by atoms with Crippen LogP contribution in [0.4, 0.5) is 0 Å². The number of nitrogens with zero attached hydrogens (tertiary/aromatic N) is 2. The lowest BCUT2D eigenvalue weighted by molar-refractivity contribution is -0.120. The van der Waals surface area contributed by atoms with Gasteiger partial charge in [0, 0.05) is 12.1 Å². The smallest absolute Gasteiger partial charge is 0.247 e. The van der Waals surface area contributed by atoms with E-state index in [2.05, 4.69) is 15.5 Å². The Labute approximate surface area is 118 Å². The molecule has 1 N–H and O–H groups in total. The number of nitrogens with one attached hydrogen (secondary N) is 1. The Morgan fingerprint density at radius 3 is 2.60 bits per heavy atom. The Bertz CT molecular complexity index is 573. The standard InChI is InChI=1S/C15H19N3O2/c1-10(2)9-16-13(19)8-14-17-18-15(20-14)12-6-4-11(3)5-7-12/h4-7,10H,8-9H2,1-3H3,(H,16,19). The molecule has 1 heterocycles. The van der Waals surface area contributed by atoms with Crippen molar-refractivity contribution in [2.45, 2.75) is 27.2 Å². The minimum Gasteiger partial charge on any atom is -0.420 e. The van der Waals surface area contributed by atoms with Crippen LogP contribution in [0.1, 0.15) is 25.3 Å². The third-order valence-corrected chi connectivity index (χ3v) is 2.78. The van der Waals surface area contributed by atoms with Gasteiger partial charge in [-0.05, 0) is 25.0 Å². The lowest BCUT2D eigenvalue weighted by atomic mass is 10.1. The van der Waals surface area contributed by atoms with Crippen molar-refractivity contribution in [1.82, 2.24) is 15.5 Å². The molecule has 2 rings (SSSR count). The zero-order chi connectivity index (χ0) is 14.5. The number of carbonyl (C=O) groups is 1. The predicted molar refractivity (Wildman–Crippen MR) is 76.0 cm³/mol. The van der Waals surface area contributed by atoms with E-state index in [1.165, 1.54) is 5.56 Å². The molecule has 1 amide bonds. The van der Waals surface area contributed by atoms with Gasteiger partial charge in [-0.25, -0.2) is 0 Å². The van der Waals surface area contributed by atoms with Crippen LogP contribution < -0.4 is 5.32 Å². The zero-order valence-electron chi connectivity index (χ0n) is 12.0. The highest BCUT2D eigenvalue weighted by atomic mass is 16.4. The van der Waals surface area contributed by atoms with Crippen LogP contribution in [0.3, 0.4) is 0 Å². The molecule has 0 saturated heterocycles. The molecule has 0 aliphatic rings. The van der Waals surface area contributed by atoms with Crippen LogP contribution in [0.15, 0.2) is 28.7 Å². The van der Waals surface area contributed by atoms with Crippen molar-refractivity contribution in [3.8, 4) is 11.5 Å². The van der Waals surface area contributed by atoms with Crippen molar-refractivity contribution in [1.29, 1.82) is 0 Å². The number of aromatic nitrogens is 2. The maximum absolute atomic E-state index is 11.7. The molecule has 1 aromatic carbocycles. The molecule has 0 fully saturated rings. The van der Waals surface area contributed by atoms with Crippen molar-refractivity contribution >= 4 is 5.91 Å². The normalized spacial score (nSPS) is 10.8. The summed E-state index contributed by atoms with van der Waals surface area (Å²) in [6.45, 7) is 6.75. The molecule has 0 unspecified atom stereocenters. The number of benzene rings is 1. The Morgan fingerprint density at radius 2 is 1.95 bits per heavy atom. The second-order valence-electron chi connectivity index (χ2n) is 5.24. The average Bonchev–Trinajstić information content (AvgIpc) is 2.85. The van der Waals surface area contributed by atoms with E-state index in [4.69, 9.17) is 4.42 Å². The van der Waals surface area contributed by atoms with Gasteiger partial charge in [-0.1, -0.05) is 31.5 Å². The molecule has 20 heavy (non-hydrogen) atoms. The molecular weight excluding hydrogens is 254 g/mol. The lowest BCUT2D eigenvalue weighted by Crippen LogP contribution is -2.28. The van der Waals surface area contributed by atoms with Gasteiger partial charge < -0.3 is 9.73 Å². The van der Waals surface area contributed by atoms with E-state index in [1.807, 2.05) is 45.0 Å². The first kappa shape index (κ1) is 14.2. The monoisotopic (exact) mass is 273 g/mol. The van der Waals surface area contributed by atoms with E-state index >= 15 is 0 Å². The number of hydrogen-bond donors (Lipinski definition) is 1. The van der Waals surface area contributed by atoms with Gasteiger partial charge in [-0.2, -0.15) is 0 Å². The highest BCUT2D eigenvalue weighted by Gasteiger charge is 2.12. The van der Waals surface area contributed by atoms with Gasteiger partial charge in [0.05, 0.1) is 0 Å². The first-order chi connectivity index (χ1) is 9.54. The molecule has 1 aromatic heterocycles. The highest BCUT2D eigenvalue weighted by molar-refractivity contribution is 5.77. The first-order valence-corrected chi connectivity index (χ1v) is 6.70. The lowest BCUT2D eigenvalue weighted by Gasteiger charge is -2.05. The van der Waals surface area contributed by atoms with Crippen LogP contribution in [0, 0.1) is 12.8 Å². The third kappa shape index (κ3) is 3.91. The van der Waals surface area contributed by atoms with Gasteiger partial charge in [-0.3, -0.25) is 4.79 Å². The fraction of sp³-hybridized carbons (Fsp3) is 0.400. The van der Waals surface area contributed by atoms with Crippen LogP contribution in [-0.2, 0) is 11.2 Å². The Kier molecular flexibility index (Phi) is 4.50. The van der Waals surface area contributed by atoms with E-state index in [0.29, 0.717) is 24.2 Å². The number of aryl methyl sites for hydroxylation is 1. The summed E-state index contributed by atoms with van der Waals surface area (Å²) in [5.74, 6) is 1.10. The number of rotatable bonds is 5. The van der Waals surface area contributed by atoms with Crippen LogP contribution in [-0.4, -0.2) is 22.6 Å². The molecule has 5 heteroatoms. The summed E-state index contributed by atoms with van der Waals surface area (Å²) in [7, 11) is 0. The molecule has 5 nitrogen and oxygen atoms in total. The molecule has 106 valence electrons. The minimum absolute atomic E-state index is 0.0993. The van der Waals surface area contributed by atoms with Crippen molar-refractivity contribution in [2.24, 2.45) is 5.92 Å². The molecule has 2 aromatic rings. The molecule has 0 aliphatic heterocycles. The summed E-state index contributed by atoms with van der Waals surface area (Å²) >= 11 is 0. The topological polar surface area (TPSA) is 68.0 Å². The van der Waals surface area contributed by atoms with Crippen LogP contribution in [0.5, 0.6) is 0 Å². The van der Waals surface area contributed by atoms with Gasteiger partial charge in [-0.15, -0.1) is 10.2 Å². The number of carbonyl (C=O) groups excluding carboxylic acids is 1. The van der Waals surface area contributed by atoms with Crippen LogP contribution in [0.2, 0.25) is 0 Å². The summed E-state index contributed by atoms with van der Waals surface area (Å²) in [4.78, 5) is 11.7. The Hall–Kier alpha value is -2.17. The van der Waals surface area contributed by atoms with E-state index in [0.717, 1.165) is 5.56 Å². The fourth-order valence-electron chi connectivity index (χ4n) is 1.66. The maximum Gasteiger partial charge on any atom is 0.247 e. The summed E-state index contributed by atoms with van der Waals surface area (Å²) < 4.78 is 5.50. The number of amides is 1. The largest absolute Gasteiger partial charge is 0.420 e. The van der Waals surface area contributed by atoms with E-state index in [9.17, 15) is 4.79 Å². The van der Waals surface area contributed by atoms with E-state index in [-0.39, 0.29) is 12.3 Å². The molecular formula is C15H19N3O2. The quantitative estimate of drug-likeness (QED) is 0.908. The van der Waals surface area contributed by atoms with Crippen molar-refractivity contribution in [2.75, 3.05) is 6.54 Å². The third-order valence-electron chi connectivity index (χ3n) is 2.78. The van der Waals surface area contributed by atoms with Crippen LogP contribution >= 0.6 is 0 Å². The summed E-state index contributed by atoms with van der Waals surface area (Å²) in [5, 5.41) is 10.7. The van der Waals surface area contributed by atoms with Gasteiger partial charge in [0.2, 0.25) is 17.7 Å². The summed E-state index contributed by atoms with van der Waals surface area (Å²) in [6, 6.07) is 7.81. The SMILES string of the molecule is Cc1ccc(-c2nnc(CC(=O)NCC(C)C)o2)cc1. The van der Waals surface area contributed by atoms with Crippen molar-refractivity contribution in [3.05, 3.63) is 35.7 Å². The molecule has 0 saturated carbocycles. The molecule has 0 spiro atoms. The molecule has 0 radical (unpaired) electrons. The fourth-order valence-corrected chi connectivity index (χ4v) is 1.66. The summed E-state index contributed by atoms with van der Waals surface area (Å²) in [5.41, 5.74) is 2.03. The Morgan fingerprint density at radius 1 is 1.25 bits per heavy atom. The van der Waals surface area contributed by atoms with Gasteiger partial charge >= 0.3 is 0 Å². The van der Waals surface area contributed by atoms with Crippen molar-refractivity contribution < 1.29 is 9.21 Å². The van der Waals surface area contributed by atoms with Gasteiger partial charge in [0.1, 0.15) is 6.42 Å². The molecule has 0 bridgehead atoms. The number of hydrogen-bond acceptors (Lipinski definition) is 4. The average molecular weight is 273 g/mol. The second-order valence-corrected chi connectivity index (χ2v) is 5.24. The molecule has 0 atom stereocenters. The van der Waals surface area contributed by atoms with Gasteiger partial charge in [0.25, 0.3) is 0 Å². The first-order valence-electron chi connectivity index (χ1n) is 6.70. The highest BCUT2D eigenvalue weighted by Crippen LogP contribution is 2.18. The zero-order valence-corrected chi connectivity index (χ0v) is 12.0. The molecule has 0 aliphatic carbocycles. The maximum atomic E-state index is 11.7. The minimum atomic E-state index is -0.0993. The van der Waals surface area contributed by atoms with Crippen LogP contribution in [0.25, 0.3) is 11.5 Å². The van der Waals surface area contributed by atoms with E-state index < -0.39 is 0 Å². The predicted octanol–water partition coefficient (Wildman–Crippen LogP) is 2.36. The van der Waals surface area contributed by atoms with E-state index in [1.54, 1.807) is 0 Å². The summed E-state index contributed by atoms with van der Waals surface area (Å²) in [6.07, 6.45) is 0.117. The second kappa shape index (κ2) is 6.32. The Balaban J connectivity index is 1.98.